The zero-order valence-electron chi connectivity index (χ0n) is 15.6. The maximum Gasteiger partial charge on any atom is 0.412 e. The van der Waals surface area contributed by atoms with E-state index in [2.05, 4.69) is 26.1 Å². The number of anilines is 1. The predicted molar refractivity (Wildman–Crippen MR) is 108 cm³/mol. The fourth-order valence-electron chi connectivity index (χ4n) is 2.51. The molecule has 1 amide bonds. The summed E-state index contributed by atoms with van der Waals surface area (Å²) < 4.78 is 7.19. The molecule has 0 atom stereocenters. The Labute approximate surface area is 163 Å². The molecule has 0 aliphatic carbocycles. The van der Waals surface area contributed by atoms with Crippen molar-refractivity contribution in [3.05, 3.63) is 77.1 Å². The lowest BCUT2D eigenvalue weighted by Gasteiger charge is -2.14. The number of benzene rings is 2. The van der Waals surface area contributed by atoms with E-state index in [1.165, 1.54) is 0 Å². The van der Waals surface area contributed by atoms with E-state index in [9.17, 15) is 4.79 Å². The number of aromatic nitrogens is 2. The molecule has 1 aromatic heterocycles. The Morgan fingerprint density at radius 3 is 2.41 bits per heavy atom. The molecule has 0 aliphatic rings. The lowest BCUT2D eigenvalue weighted by Crippen LogP contribution is -2.15. The molecule has 5 nitrogen and oxygen atoms in total. The number of halogens is 1. The van der Waals surface area contributed by atoms with Crippen molar-refractivity contribution < 1.29 is 9.53 Å². The number of nitrogens with zero attached hydrogens (tertiary/aromatic N) is 2. The molecule has 0 saturated heterocycles. The van der Waals surface area contributed by atoms with E-state index in [4.69, 9.17) is 21.4 Å². The molecule has 0 fully saturated rings. The normalized spacial score (nSPS) is 11.3. The van der Waals surface area contributed by atoms with E-state index in [1.54, 1.807) is 16.8 Å². The molecule has 140 valence electrons. The first-order valence-corrected chi connectivity index (χ1v) is 9.05. The molecule has 1 heterocycles. The Hall–Kier alpha value is -2.79. The molecule has 27 heavy (non-hydrogen) atoms. The third-order valence-electron chi connectivity index (χ3n) is 3.99. The van der Waals surface area contributed by atoms with Crippen LogP contribution in [0.3, 0.4) is 0 Å². The summed E-state index contributed by atoms with van der Waals surface area (Å²) in [7, 11) is 0. The van der Waals surface area contributed by atoms with Gasteiger partial charge in [0.2, 0.25) is 0 Å². The highest BCUT2D eigenvalue weighted by Crippen LogP contribution is 2.24. The van der Waals surface area contributed by atoms with Crippen LogP contribution in [0.2, 0.25) is 5.02 Å². The Morgan fingerprint density at radius 2 is 1.78 bits per heavy atom. The minimum Gasteiger partial charge on any atom is -0.443 e. The number of amides is 1. The van der Waals surface area contributed by atoms with E-state index in [-0.39, 0.29) is 12.0 Å². The van der Waals surface area contributed by atoms with Gasteiger partial charge in [-0.2, -0.15) is 5.10 Å². The van der Waals surface area contributed by atoms with Crippen LogP contribution in [-0.4, -0.2) is 15.9 Å². The van der Waals surface area contributed by atoms with Crippen LogP contribution in [0.1, 0.15) is 32.2 Å². The van der Waals surface area contributed by atoms with Crippen molar-refractivity contribution >= 4 is 23.4 Å². The van der Waals surface area contributed by atoms with Gasteiger partial charge in [0.15, 0.2) is 0 Å². The van der Waals surface area contributed by atoms with Gasteiger partial charge in [0.1, 0.15) is 6.61 Å². The highest BCUT2D eigenvalue weighted by Gasteiger charge is 2.21. The van der Waals surface area contributed by atoms with Crippen molar-refractivity contribution in [2.45, 2.75) is 32.8 Å². The lowest BCUT2D eigenvalue weighted by molar-refractivity contribution is 0.152. The Morgan fingerprint density at radius 1 is 1.11 bits per heavy atom. The van der Waals surface area contributed by atoms with Gasteiger partial charge in [-0.05, 0) is 42.5 Å². The summed E-state index contributed by atoms with van der Waals surface area (Å²) in [6.07, 6.45) is -0.512. The summed E-state index contributed by atoms with van der Waals surface area (Å²) in [5.41, 5.74) is 3.12. The topological polar surface area (TPSA) is 56.1 Å². The smallest absolute Gasteiger partial charge is 0.412 e. The van der Waals surface area contributed by atoms with Crippen molar-refractivity contribution in [2.24, 2.45) is 0 Å². The Kier molecular flexibility index (Phi) is 5.51. The molecule has 0 bridgehead atoms. The summed E-state index contributed by atoms with van der Waals surface area (Å²) >= 11 is 5.99. The van der Waals surface area contributed by atoms with Crippen molar-refractivity contribution in [1.82, 2.24) is 9.78 Å². The number of para-hydroxylation sites is 1. The first-order valence-electron chi connectivity index (χ1n) is 8.67. The van der Waals surface area contributed by atoms with Gasteiger partial charge in [0.25, 0.3) is 0 Å². The van der Waals surface area contributed by atoms with Gasteiger partial charge in [-0.15, -0.1) is 0 Å². The van der Waals surface area contributed by atoms with E-state index in [0.717, 1.165) is 17.1 Å². The van der Waals surface area contributed by atoms with E-state index in [1.807, 2.05) is 48.5 Å². The quantitative estimate of drug-likeness (QED) is 0.640. The van der Waals surface area contributed by atoms with Crippen LogP contribution in [-0.2, 0) is 16.8 Å². The van der Waals surface area contributed by atoms with E-state index < -0.39 is 6.09 Å². The van der Waals surface area contributed by atoms with Crippen molar-refractivity contribution in [2.75, 3.05) is 5.32 Å². The monoisotopic (exact) mass is 383 g/mol. The minimum atomic E-state index is -0.512. The van der Waals surface area contributed by atoms with Crippen LogP contribution < -0.4 is 5.32 Å². The first kappa shape index (κ1) is 19.0. The molecule has 3 aromatic rings. The molecule has 0 aliphatic heterocycles. The van der Waals surface area contributed by atoms with Gasteiger partial charge in [-0.25, -0.2) is 9.48 Å². The lowest BCUT2D eigenvalue weighted by atomic mass is 9.92. The van der Waals surface area contributed by atoms with Gasteiger partial charge in [-0.1, -0.05) is 50.6 Å². The van der Waals surface area contributed by atoms with Crippen molar-refractivity contribution in [1.29, 1.82) is 0 Å². The largest absolute Gasteiger partial charge is 0.443 e. The summed E-state index contributed by atoms with van der Waals surface area (Å²) in [4.78, 5) is 12.1. The summed E-state index contributed by atoms with van der Waals surface area (Å²) in [5, 5.41) is 8.07. The average Bonchev–Trinajstić information content (AvgIpc) is 3.06. The third-order valence-corrected chi connectivity index (χ3v) is 4.25. The molecule has 2 aromatic carbocycles. The van der Waals surface area contributed by atoms with Crippen molar-refractivity contribution in [3.63, 3.8) is 0 Å². The highest BCUT2D eigenvalue weighted by molar-refractivity contribution is 6.30. The van der Waals surface area contributed by atoms with Gasteiger partial charge >= 0.3 is 6.09 Å². The predicted octanol–water partition coefficient (Wildman–Crippen LogP) is 5.57. The zero-order valence-corrected chi connectivity index (χ0v) is 16.3. The third kappa shape index (κ3) is 4.89. The number of hydrogen-bond acceptors (Lipinski definition) is 3. The molecule has 1 N–H and O–H groups in total. The molecule has 0 unspecified atom stereocenters. The van der Waals surface area contributed by atoms with Crippen LogP contribution in [0, 0.1) is 0 Å². The fraction of sp³-hybridized carbons (Fsp3) is 0.238. The molecular weight excluding hydrogens is 362 g/mol. The minimum absolute atomic E-state index is 0.102. The van der Waals surface area contributed by atoms with E-state index in [0.29, 0.717) is 10.7 Å². The summed E-state index contributed by atoms with van der Waals surface area (Å²) in [5.74, 6) is 0. The number of carbonyl (C=O) groups excluding carboxylic acids is 1. The molecule has 0 radical (unpaired) electrons. The highest BCUT2D eigenvalue weighted by atomic mass is 35.5. The zero-order chi connectivity index (χ0) is 19.4. The van der Waals surface area contributed by atoms with E-state index >= 15 is 0 Å². The van der Waals surface area contributed by atoms with Gasteiger partial charge in [0, 0.05) is 16.1 Å². The van der Waals surface area contributed by atoms with Crippen LogP contribution >= 0.6 is 11.6 Å². The maximum absolute atomic E-state index is 12.1. The number of carbonyl (C=O) groups is 1. The number of ether oxygens (including phenoxy) is 1. The fourth-order valence-corrected chi connectivity index (χ4v) is 2.64. The molecular formula is C21H22ClN3O2. The standard InChI is InChI=1S/C21H22ClN3O2/c1-21(2,3)19-13-18(25(24-19)17-11-9-15(22)10-12-17)14-27-20(26)23-16-7-5-4-6-8-16/h4-13H,14H2,1-3H3,(H,23,26). The van der Waals surface area contributed by atoms with Crippen molar-refractivity contribution in [3.8, 4) is 5.69 Å². The molecule has 3 rings (SSSR count). The molecule has 0 spiro atoms. The second-order valence-corrected chi connectivity index (χ2v) is 7.66. The first-order chi connectivity index (χ1) is 12.8. The molecule has 6 heteroatoms. The second-order valence-electron chi connectivity index (χ2n) is 7.23. The molecule has 0 saturated carbocycles. The number of rotatable bonds is 4. The number of nitrogens with one attached hydrogen (secondary N) is 1. The van der Waals surface area contributed by atoms with Gasteiger partial charge in [-0.3, -0.25) is 5.32 Å². The average molecular weight is 384 g/mol. The Bertz CT molecular complexity index is 913. The van der Waals surface area contributed by atoms with Crippen LogP contribution in [0.15, 0.2) is 60.7 Å². The maximum atomic E-state index is 12.1. The summed E-state index contributed by atoms with van der Waals surface area (Å²) in [6, 6.07) is 18.5. The van der Waals surface area contributed by atoms with Crippen LogP contribution in [0.4, 0.5) is 10.5 Å². The number of hydrogen-bond donors (Lipinski definition) is 1. The van der Waals surface area contributed by atoms with Crippen LogP contribution in [0.25, 0.3) is 5.69 Å². The van der Waals surface area contributed by atoms with Gasteiger partial charge < -0.3 is 4.74 Å². The van der Waals surface area contributed by atoms with Gasteiger partial charge in [0.05, 0.1) is 17.1 Å². The van der Waals surface area contributed by atoms with Crippen LogP contribution in [0.5, 0.6) is 0 Å². The Balaban J connectivity index is 1.80. The summed E-state index contributed by atoms with van der Waals surface area (Å²) in [6.45, 7) is 6.38. The second kappa shape index (κ2) is 7.84. The SMILES string of the molecule is CC(C)(C)c1cc(COC(=O)Nc2ccccc2)n(-c2ccc(Cl)cc2)n1.